The van der Waals surface area contributed by atoms with E-state index in [4.69, 9.17) is 4.74 Å². The quantitative estimate of drug-likeness (QED) is 0.593. The van der Waals surface area contributed by atoms with Crippen LogP contribution in [0.1, 0.15) is 36.0 Å². The summed E-state index contributed by atoms with van der Waals surface area (Å²) in [5, 5.41) is 13.1. The summed E-state index contributed by atoms with van der Waals surface area (Å²) < 4.78 is 5.14. The van der Waals surface area contributed by atoms with Crippen molar-refractivity contribution >= 4 is 28.8 Å². The van der Waals surface area contributed by atoms with Gasteiger partial charge in [0.15, 0.2) is 0 Å². The normalized spacial score (nSPS) is 18.9. The molecular weight excluding hydrogens is 374 g/mol. The van der Waals surface area contributed by atoms with E-state index in [9.17, 15) is 9.59 Å². The predicted molar refractivity (Wildman–Crippen MR) is 112 cm³/mol. The highest BCUT2D eigenvalue weighted by molar-refractivity contribution is 7.08. The molecular formula is C21H27N3O3S. The molecule has 7 heteroatoms. The average Bonchev–Trinajstić information content (AvgIpc) is 3.27. The van der Waals surface area contributed by atoms with Crippen molar-refractivity contribution in [1.29, 1.82) is 0 Å². The lowest BCUT2D eigenvalue weighted by atomic mass is 9.83. The summed E-state index contributed by atoms with van der Waals surface area (Å²) in [6, 6.07) is 9.38. The molecule has 3 N–H and O–H groups in total. The highest BCUT2D eigenvalue weighted by atomic mass is 32.1. The molecule has 150 valence electrons. The van der Waals surface area contributed by atoms with Crippen molar-refractivity contribution in [3.8, 4) is 5.75 Å². The van der Waals surface area contributed by atoms with Gasteiger partial charge in [-0.1, -0.05) is 12.8 Å². The van der Waals surface area contributed by atoms with Gasteiger partial charge >= 0.3 is 0 Å². The zero-order chi connectivity index (χ0) is 19.8. The van der Waals surface area contributed by atoms with Crippen molar-refractivity contribution in [2.45, 2.75) is 31.7 Å². The molecule has 1 heterocycles. The van der Waals surface area contributed by atoms with Crippen molar-refractivity contribution in [3.63, 3.8) is 0 Å². The van der Waals surface area contributed by atoms with Crippen LogP contribution in [0.15, 0.2) is 41.1 Å². The number of carbonyl (C=O) groups excluding carboxylic acids is 2. The minimum atomic E-state index is -0.169. The third kappa shape index (κ3) is 5.48. The van der Waals surface area contributed by atoms with Crippen LogP contribution in [0.4, 0.5) is 5.69 Å². The van der Waals surface area contributed by atoms with E-state index in [1.54, 1.807) is 7.11 Å². The molecule has 1 saturated carbocycles. The van der Waals surface area contributed by atoms with Crippen molar-refractivity contribution in [2.75, 3.05) is 25.5 Å². The Hall–Kier alpha value is -2.54. The van der Waals surface area contributed by atoms with Gasteiger partial charge in [0.05, 0.1) is 13.0 Å². The zero-order valence-corrected chi connectivity index (χ0v) is 16.9. The van der Waals surface area contributed by atoms with Crippen LogP contribution in [0.3, 0.4) is 0 Å². The lowest BCUT2D eigenvalue weighted by molar-refractivity contribution is -0.126. The van der Waals surface area contributed by atoms with E-state index in [2.05, 4.69) is 16.0 Å². The molecule has 0 saturated heterocycles. The number of nitrogens with one attached hydrogen (secondary N) is 3. The zero-order valence-electron chi connectivity index (χ0n) is 16.1. The molecule has 1 aliphatic rings. The third-order valence-electron chi connectivity index (χ3n) is 5.05. The molecule has 1 aromatic heterocycles. The number of benzene rings is 1. The van der Waals surface area contributed by atoms with Crippen LogP contribution in [0.5, 0.6) is 5.75 Å². The summed E-state index contributed by atoms with van der Waals surface area (Å²) in [4.78, 5) is 25.0. The van der Waals surface area contributed by atoms with Crippen molar-refractivity contribution in [1.82, 2.24) is 10.6 Å². The van der Waals surface area contributed by atoms with Crippen LogP contribution in [0, 0.1) is 5.92 Å². The van der Waals surface area contributed by atoms with Gasteiger partial charge in [-0.05, 0) is 48.6 Å². The lowest BCUT2D eigenvalue weighted by Gasteiger charge is -2.31. The standard InChI is InChI=1S/C21H27N3O3S/c1-27-17-8-6-16(7-9-17)22-11-12-23-21(26)18-4-2-3-5-19(18)24-20(25)15-10-13-28-14-15/h6-10,13-14,18-19,22H,2-5,11-12H2,1H3,(H,23,26)(H,24,25)/t18-,19+/m1/s1. The van der Waals surface area contributed by atoms with E-state index in [1.165, 1.54) is 11.3 Å². The van der Waals surface area contributed by atoms with Gasteiger partial charge in [-0.15, -0.1) is 0 Å². The molecule has 0 unspecified atom stereocenters. The highest BCUT2D eigenvalue weighted by Gasteiger charge is 2.32. The van der Waals surface area contributed by atoms with Crippen LogP contribution in [0.2, 0.25) is 0 Å². The van der Waals surface area contributed by atoms with E-state index in [1.807, 2.05) is 41.1 Å². The Labute approximate surface area is 169 Å². The van der Waals surface area contributed by atoms with Gasteiger partial charge in [0.25, 0.3) is 5.91 Å². The van der Waals surface area contributed by atoms with Gasteiger partial charge in [0.2, 0.25) is 5.91 Å². The summed E-state index contributed by atoms with van der Waals surface area (Å²) in [7, 11) is 1.64. The second kappa shape index (κ2) is 10.1. The fourth-order valence-electron chi connectivity index (χ4n) is 3.50. The molecule has 28 heavy (non-hydrogen) atoms. The fraction of sp³-hybridized carbons (Fsp3) is 0.429. The maximum Gasteiger partial charge on any atom is 0.252 e. The van der Waals surface area contributed by atoms with Gasteiger partial charge in [-0.25, -0.2) is 0 Å². The van der Waals surface area contributed by atoms with Crippen LogP contribution in [-0.4, -0.2) is 38.1 Å². The molecule has 6 nitrogen and oxygen atoms in total. The molecule has 1 fully saturated rings. The Morgan fingerprint density at radius 1 is 1.11 bits per heavy atom. The van der Waals surface area contributed by atoms with E-state index in [0.717, 1.165) is 37.1 Å². The number of carbonyl (C=O) groups is 2. The summed E-state index contributed by atoms with van der Waals surface area (Å²) in [5.41, 5.74) is 1.65. The Morgan fingerprint density at radius 3 is 2.61 bits per heavy atom. The van der Waals surface area contributed by atoms with E-state index in [-0.39, 0.29) is 23.8 Å². The Balaban J connectivity index is 1.45. The summed E-state index contributed by atoms with van der Waals surface area (Å²) in [6.45, 7) is 1.17. The number of ether oxygens (including phenoxy) is 1. The van der Waals surface area contributed by atoms with Gasteiger partial charge < -0.3 is 20.7 Å². The van der Waals surface area contributed by atoms with Crippen molar-refractivity contribution in [2.24, 2.45) is 5.92 Å². The molecule has 0 aliphatic heterocycles. The topological polar surface area (TPSA) is 79.5 Å². The first-order valence-electron chi connectivity index (χ1n) is 9.66. The molecule has 2 atom stereocenters. The molecule has 0 spiro atoms. The number of methoxy groups -OCH3 is 1. The van der Waals surface area contributed by atoms with Crippen LogP contribution in [-0.2, 0) is 4.79 Å². The number of thiophene rings is 1. The number of amides is 2. The molecule has 2 aromatic rings. The first-order valence-corrected chi connectivity index (χ1v) is 10.6. The van der Waals surface area contributed by atoms with Crippen LogP contribution < -0.4 is 20.7 Å². The highest BCUT2D eigenvalue weighted by Crippen LogP contribution is 2.25. The third-order valence-corrected chi connectivity index (χ3v) is 5.73. The number of rotatable bonds is 8. The summed E-state index contributed by atoms with van der Waals surface area (Å²) in [6.07, 6.45) is 3.72. The van der Waals surface area contributed by atoms with E-state index in [0.29, 0.717) is 18.7 Å². The number of hydrogen-bond acceptors (Lipinski definition) is 5. The van der Waals surface area contributed by atoms with Crippen molar-refractivity contribution in [3.05, 3.63) is 46.7 Å². The largest absolute Gasteiger partial charge is 0.497 e. The maximum atomic E-state index is 12.7. The molecule has 1 aromatic carbocycles. The van der Waals surface area contributed by atoms with Gasteiger partial charge in [-0.2, -0.15) is 11.3 Å². The average molecular weight is 402 g/mol. The molecule has 3 rings (SSSR count). The second-order valence-corrected chi connectivity index (χ2v) is 7.71. The van der Waals surface area contributed by atoms with Crippen LogP contribution >= 0.6 is 11.3 Å². The Morgan fingerprint density at radius 2 is 1.89 bits per heavy atom. The number of anilines is 1. The maximum absolute atomic E-state index is 12.7. The molecule has 0 radical (unpaired) electrons. The van der Waals surface area contributed by atoms with Crippen molar-refractivity contribution < 1.29 is 14.3 Å². The molecule has 2 amide bonds. The SMILES string of the molecule is COc1ccc(NCCNC(=O)[C@@H]2CCCC[C@@H]2NC(=O)c2ccsc2)cc1. The molecule has 1 aliphatic carbocycles. The Kier molecular flexibility index (Phi) is 7.31. The first kappa shape index (κ1) is 20.2. The van der Waals surface area contributed by atoms with E-state index < -0.39 is 0 Å². The van der Waals surface area contributed by atoms with Gasteiger partial charge in [0, 0.05) is 35.8 Å². The molecule has 0 bridgehead atoms. The van der Waals surface area contributed by atoms with Crippen LogP contribution in [0.25, 0.3) is 0 Å². The van der Waals surface area contributed by atoms with Gasteiger partial charge in [-0.3, -0.25) is 9.59 Å². The monoisotopic (exact) mass is 401 g/mol. The van der Waals surface area contributed by atoms with Gasteiger partial charge in [0.1, 0.15) is 5.75 Å². The summed E-state index contributed by atoms with van der Waals surface area (Å²) in [5.74, 6) is 0.572. The second-order valence-electron chi connectivity index (χ2n) is 6.93. The van der Waals surface area contributed by atoms with E-state index >= 15 is 0 Å². The first-order chi connectivity index (χ1) is 13.7. The lowest BCUT2D eigenvalue weighted by Crippen LogP contribution is -2.48. The summed E-state index contributed by atoms with van der Waals surface area (Å²) >= 11 is 1.50. The number of hydrogen-bond donors (Lipinski definition) is 3. The fourth-order valence-corrected chi connectivity index (χ4v) is 4.13. The smallest absolute Gasteiger partial charge is 0.252 e. The minimum absolute atomic E-state index is 0.0202. The Bertz CT molecular complexity index is 762. The predicted octanol–water partition coefficient (Wildman–Crippen LogP) is 3.27. The minimum Gasteiger partial charge on any atom is -0.497 e.